The lowest BCUT2D eigenvalue weighted by Gasteiger charge is -2.24. The molecule has 0 saturated heterocycles. The third-order valence-electron chi connectivity index (χ3n) is 4.53. The van der Waals surface area contributed by atoms with E-state index in [0.29, 0.717) is 11.0 Å². The van der Waals surface area contributed by atoms with E-state index in [-0.39, 0.29) is 29.6 Å². The maximum atomic E-state index is 12.8. The molecule has 0 spiro atoms. The van der Waals surface area contributed by atoms with E-state index in [1.54, 1.807) is 0 Å². The van der Waals surface area contributed by atoms with Gasteiger partial charge in [-0.1, -0.05) is 31.4 Å². The number of ether oxygens (including phenoxy) is 1. The molecule has 6 nitrogen and oxygen atoms in total. The van der Waals surface area contributed by atoms with Gasteiger partial charge in [-0.25, -0.2) is 9.97 Å². The summed E-state index contributed by atoms with van der Waals surface area (Å²) in [7, 11) is 0. The van der Waals surface area contributed by atoms with Gasteiger partial charge >= 0.3 is 0 Å². The van der Waals surface area contributed by atoms with Gasteiger partial charge in [-0.2, -0.15) is 5.26 Å². The Hall–Kier alpha value is -2.68. The summed E-state index contributed by atoms with van der Waals surface area (Å²) in [5.41, 5.74) is 1.61. The molecule has 0 bridgehead atoms. The van der Waals surface area contributed by atoms with E-state index in [0.717, 1.165) is 25.7 Å². The number of amides is 1. The summed E-state index contributed by atoms with van der Waals surface area (Å²) >= 11 is 0. The highest BCUT2D eigenvalue weighted by Gasteiger charge is 2.29. The van der Waals surface area contributed by atoms with Crippen LogP contribution in [0.15, 0.2) is 24.3 Å². The van der Waals surface area contributed by atoms with Gasteiger partial charge in [0.15, 0.2) is 5.92 Å². The SMILES string of the molecule is CC(C)Oc1nc2ccccc2nc1C(C#N)C(=O)NC1CCCCC1. The Kier molecular flexibility index (Phi) is 5.67. The van der Waals surface area contributed by atoms with Crippen LogP contribution in [0, 0.1) is 11.3 Å². The summed E-state index contributed by atoms with van der Waals surface area (Å²) in [6.45, 7) is 3.76. The highest BCUT2D eigenvalue weighted by molar-refractivity contribution is 5.87. The molecule has 1 saturated carbocycles. The van der Waals surface area contributed by atoms with Crippen LogP contribution in [-0.4, -0.2) is 28.0 Å². The number of rotatable bonds is 5. The Morgan fingerprint density at radius 3 is 2.46 bits per heavy atom. The van der Waals surface area contributed by atoms with Crippen LogP contribution in [0.4, 0.5) is 0 Å². The molecule has 0 aliphatic heterocycles. The lowest BCUT2D eigenvalue weighted by atomic mass is 9.94. The molecule has 1 unspecified atom stereocenters. The maximum absolute atomic E-state index is 12.8. The standard InChI is InChI=1S/C20H24N4O2/c1-13(2)26-20-18(23-16-10-6-7-11-17(16)24-20)15(12-21)19(25)22-14-8-4-3-5-9-14/h6-7,10-11,13-15H,3-5,8-9H2,1-2H3,(H,22,25). The molecular formula is C20H24N4O2. The van der Waals surface area contributed by atoms with Gasteiger partial charge in [0.2, 0.25) is 11.8 Å². The third-order valence-corrected chi connectivity index (χ3v) is 4.53. The van der Waals surface area contributed by atoms with E-state index in [1.807, 2.05) is 38.1 Å². The van der Waals surface area contributed by atoms with Crippen LogP contribution in [0.5, 0.6) is 5.88 Å². The molecule has 1 N–H and O–H groups in total. The minimum Gasteiger partial charge on any atom is -0.474 e. The minimum absolute atomic E-state index is 0.134. The molecular weight excluding hydrogens is 328 g/mol. The largest absolute Gasteiger partial charge is 0.474 e. The summed E-state index contributed by atoms with van der Waals surface area (Å²) in [6, 6.07) is 9.60. The molecule has 136 valence electrons. The Bertz CT molecular complexity index is 822. The zero-order valence-electron chi connectivity index (χ0n) is 15.2. The topological polar surface area (TPSA) is 87.9 Å². The molecule has 1 aliphatic carbocycles. The molecule has 1 aromatic carbocycles. The van der Waals surface area contributed by atoms with E-state index in [2.05, 4.69) is 21.4 Å². The van der Waals surface area contributed by atoms with Crippen LogP contribution in [0.25, 0.3) is 11.0 Å². The smallest absolute Gasteiger partial charge is 0.243 e. The fourth-order valence-corrected chi connectivity index (χ4v) is 3.27. The Morgan fingerprint density at radius 1 is 1.19 bits per heavy atom. The minimum atomic E-state index is -1.04. The molecule has 1 aliphatic rings. The molecule has 3 rings (SSSR count). The van der Waals surface area contributed by atoms with Gasteiger partial charge in [-0.3, -0.25) is 4.79 Å². The van der Waals surface area contributed by atoms with Crippen molar-refractivity contribution in [3.8, 4) is 11.9 Å². The lowest BCUT2D eigenvalue weighted by Crippen LogP contribution is -2.39. The first-order valence-corrected chi connectivity index (χ1v) is 9.22. The predicted octanol–water partition coefficient (Wildman–Crippen LogP) is 3.47. The molecule has 1 aromatic heterocycles. The fourth-order valence-electron chi connectivity index (χ4n) is 3.27. The monoisotopic (exact) mass is 352 g/mol. The number of hydrogen-bond donors (Lipinski definition) is 1. The van der Waals surface area contributed by atoms with E-state index < -0.39 is 5.92 Å². The normalized spacial score (nSPS) is 16.2. The summed E-state index contributed by atoms with van der Waals surface area (Å²) in [4.78, 5) is 21.8. The molecule has 6 heteroatoms. The highest BCUT2D eigenvalue weighted by Crippen LogP contribution is 2.27. The van der Waals surface area contributed by atoms with Gasteiger partial charge in [0, 0.05) is 6.04 Å². The van der Waals surface area contributed by atoms with Gasteiger partial charge in [-0.05, 0) is 38.8 Å². The van der Waals surface area contributed by atoms with Crippen molar-refractivity contribution in [3.05, 3.63) is 30.0 Å². The number of para-hydroxylation sites is 2. The Balaban J connectivity index is 1.93. The summed E-state index contributed by atoms with van der Waals surface area (Å²) in [5.74, 6) is -1.11. The first kappa shape index (κ1) is 18.1. The van der Waals surface area contributed by atoms with E-state index in [1.165, 1.54) is 6.42 Å². The molecule has 1 heterocycles. The van der Waals surface area contributed by atoms with E-state index in [4.69, 9.17) is 4.74 Å². The average Bonchev–Trinajstić information content (AvgIpc) is 2.63. The van der Waals surface area contributed by atoms with Crippen LogP contribution >= 0.6 is 0 Å². The Labute approximate surface area is 153 Å². The zero-order valence-corrected chi connectivity index (χ0v) is 15.2. The van der Waals surface area contributed by atoms with Crippen LogP contribution in [-0.2, 0) is 4.79 Å². The van der Waals surface area contributed by atoms with Gasteiger partial charge in [0.05, 0.1) is 23.2 Å². The van der Waals surface area contributed by atoms with Gasteiger partial charge in [-0.15, -0.1) is 0 Å². The number of fused-ring (bicyclic) bond motifs is 1. The summed E-state index contributed by atoms with van der Waals surface area (Å²) < 4.78 is 5.77. The second kappa shape index (κ2) is 8.13. The lowest BCUT2D eigenvalue weighted by molar-refractivity contribution is -0.122. The maximum Gasteiger partial charge on any atom is 0.243 e. The average molecular weight is 352 g/mol. The fraction of sp³-hybridized carbons (Fsp3) is 0.500. The molecule has 0 radical (unpaired) electrons. The van der Waals surface area contributed by atoms with Crippen LogP contribution in [0.3, 0.4) is 0 Å². The number of carbonyl (C=O) groups is 1. The van der Waals surface area contributed by atoms with Crippen molar-refractivity contribution in [2.75, 3.05) is 0 Å². The van der Waals surface area contributed by atoms with Gasteiger partial charge in [0.25, 0.3) is 0 Å². The first-order valence-electron chi connectivity index (χ1n) is 9.22. The molecule has 2 aromatic rings. The van der Waals surface area contributed by atoms with Crippen molar-refractivity contribution in [3.63, 3.8) is 0 Å². The number of nitriles is 1. The quantitative estimate of drug-likeness (QED) is 0.890. The number of aromatic nitrogens is 2. The van der Waals surface area contributed by atoms with Gasteiger partial charge < -0.3 is 10.1 Å². The second-order valence-electron chi connectivity index (χ2n) is 6.97. The molecule has 1 atom stereocenters. The van der Waals surface area contributed by atoms with E-state index >= 15 is 0 Å². The number of nitrogens with one attached hydrogen (secondary N) is 1. The molecule has 26 heavy (non-hydrogen) atoms. The number of benzene rings is 1. The Morgan fingerprint density at radius 2 is 1.85 bits per heavy atom. The number of carbonyl (C=O) groups excluding carboxylic acids is 1. The number of nitrogens with zero attached hydrogens (tertiary/aromatic N) is 3. The molecule has 1 amide bonds. The predicted molar refractivity (Wildman–Crippen MR) is 98.7 cm³/mol. The summed E-state index contributed by atoms with van der Waals surface area (Å²) in [6.07, 6.45) is 5.21. The molecule has 1 fully saturated rings. The van der Waals surface area contributed by atoms with Crippen LogP contribution in [0.1, 0.15) is 57.6 Å². The highest BCUT2D eigenvalue weighted by atomic mass is 16.5. The van der Waals surface area contributed by atoms with Crippen molar-refractivity contribution in [2.24, 2.45) is 0 Å². The van der Waals surface area contributed by atoms with Crippen LogP contribution < -0.4 is 10.1 Å². The van der Waals surface area contributed by atoms with E-state index in [9.17, 15) is 10.1 Å². The van der Waals surface area contributed by atoms with Crippen molar-refractivity contribution < 1.29 is 9.53 Å². The van der Waals surface area contributed by atoms with Crippen molar-refractivity contribution in [1.82, 2.24) is 15.3 Å². The zero-order chi connectivity index (χ0) is 18.5. The first-order chi connectivity index (χ1) is 12.6. The number of hydrogen-bond acceptors (Lipinski definition) is 5. The van der Waals surface area contributed by atoms with Gasteiger partial charge in [0.1, 0.15) is 5.69 Å². The third kappa shape index (κ3) is 4.10. The van der Waals surface area contributed by atoms with Crippen molar-refractivity contribution in [1.29, 1.82) is 5.26 Å². The van der Waals surface area contributed by atoms with Crippen molar-refractivity contribution >= 4 is 16.9 Å². The van der Waals surface area contributed by atoms with Crippen molar-refractivity contribution in [2.45, 2.75) is 64.0 Å². The van der Waals surface area contributed by atoms with Crippen LogP contribution in [0.2, 0.25) is 0 Å². The second-order valence-corrected chi connectivity index (χ2v) is 6.97. The summed E-state index contributed by atoms with van der Waals surface area (Å²) in [5, 5.41) is 12.7.